The number of benzene rings is 2. The third-order valence-corrected chi connectivity index (χ3v) is 4.97. The van der Waals surface area contributed by atoms with E-state index in [0.717, 1.165) is 0 Å². The van der Waals surface area contributed by atoms with E-state index >= 15 is 0 Å². The van der Waals surface area contributed by atoms with Crippen molar-refractivity contribution in [2.75, 3.05) is 4.90 Å². The SMILES string of the molecule is CC(C)C(C)N1c2ccccc2Sc2ccccc21. The minimum absolute atomic E-state index is 0.489. The molecule has 2 aromatic rings. The van der Waals surface area contributed by atoms with Gasteiger partial charge < -0.3 is 4.90 Å². The zero-order chi connectivity index (χ0) is 13.4. The largest absolute Gasteiger partial charge is 0.337 e. The van der Waals surface area contributed by atoms with E-state index in [1.807, 2.05) is 11.8 Å². The molecule has 19 heavy (non-hydrogen) atoms. The van der Waals surface area contributed by atoms with Gasteiger partial charge in [0.25, 0.3) is 0 Å². The first-order valence-corrected chi connectivity index (χ1v) is 7.65. The molecule has 0 bridgehead atoms. The summed E-state index contributed by atoms with van der Waals surface area (Å²) in [5.74, 6) is 0.615. The monoisotopic (exact) mass is 269 g/mol. The van der Waals surface area contributed by atoms with Crippen molar-refractivity contribution < 1.29 is 0 Å². The normalized spacial score (nSPS) is 15.1. The van der Waals surface area contributed by atoms with Crippen LogP contribution in [0.2, 0.25) is 0 Å². The Morgan fingerprint density at radius 1 is 0.789 bits per heavy atom. The smallest absolute Gasteiger partial charge is 0.0555 e. The van der Waals surface area contributed by atoms with Crippen LogP contribution in [0, 0.1) is 5.92 Å². The molecule has 0 spiro atoms. The zero-order valence-corrected chi connectivity index (χ0v) is 12.4. The van der Waals surface area contributed by atoms with E-state index in [-0.39, 0.29) is 0 Å². The molecule has 0 amide bonds. The molecule has 0 fully saturated rings. The Labute approximate surface area is 119 Å². The maximum absolute atomic E-state index is 2.49. The van der Waals surface area contributed by atoms with Crippen LogP contribution in [-0.4, -0.2) is 6.04 Å². The molecule has 3 rings (SSSR count). The lowest BCUT2D eigenvalue weighted by molar-refractivity contribution is 0.515. The molecule has 1 atom stereocenters. The fourth-order valence-electron chi connectivity index (χ4n) is 2.47. The quantitative estimate of drug-likeness (QED) is 0.724. The summed E-state index contributed by atoms with van der Waals surface area (Å²) >= 11 is 1.87. The van der Waals surface area contributed by atoms with Crippen LogP contribution in [0.25, 0.3) is 0 Å². The van der Waals surface area contributed by atoms with Gasteiger partial charge in [-0.05, 0) is 37.1 Å². The predicted molar refractivity (Wildman–Crippen MR) is 83.4 cm³/mol. The van der Waals surface area contributed by atoms with E-state index < -0.39 is 0 Å². The first kappa shape index (κ1) is 12.6. The molecule has 0 aromatic heterocycles. The highest BCUT2D eigenvalue weighted by atomic mass is 32.2. The summed E-state index contributed by atoms with van der Waals surface area (Å²) in [5, 5.41) is 0. The lowest BCUT2D eigenvalue weighted by Gasteiger charge is -2.39. The van der Waals surface area contributed by atoms with Crippen LogP contribution in [0.15, 0.2) is 58.3 Å². The molecule has 0 radical (unpaired) electrons. The van der Waals surface area contributed by atoms with Gasteiger partial charge in [-0.3, -0.25) is 0 Å². The van der Waals surface area contributed by atoms with Crippen molar-refractivity contribution >= 4 is 23.1 Å². The van der Waals surface area contributed by atoms with Gasteiger partial charge in [-0.1, -0.05) is 49.9 Å². The second-order valence-corrected chi connectivity index (χ2v) is 6.48. The molecule has 0 N–H and O–H groups in total. The summed E-state index contributed by atoms with van der Waals surface area (Å²) in [5.41, 5.74) is 2.68. The molecule has 1 aliphatic heterocycles. The Hall–Kier alpha value is -1.41. The van der Waals surface area contributed by atoms with Gasteiger partial charge in [-0.2, -0.15) is 0 Å². The molecule has 98 valence electrons. The third kappa shape index (κ3) is 2.14. The molecule has 0 saturated heterocycles. The van der Waals surface area contributed by atoms with Gasteiger partial charge in [0.05, 0.1) is 11.4 Å². The maximum Gasteiger partial charge on any atom is 0.0555 e. The highest BCUT2D eigenvalue weighted by molar-refractivity contribution is 7.99. The van der Waals surface area contributed by atoms with Crippen molar-refractivity contribution in [1.29, 1.82) is 0 Å². The average Bonchev–Trinajstić information content (AvgIpc) is 2.43. The van der Waals surface area contributed by atoms with Crippen molar-refractivity contribution in [3.63, 3.8) is 0 Å². The molecule has 1 nitrogen and oxygen atoms in total. The van der Waals surface area contributed by atoms with Gasteiger partial charge in [0.15, 0.2) is 0 Å². The number of fused-ring (bicyclic) bond motifs is 2. The van der Waals surface area contributed by atoms with Crippen molar-refractivity contribution in [1.82, 2.24) is 0 Å². The highest BCUT2D eigenvalue weighted by Gasteiger charge is 2.27. The Balaban J connectivity index is 2.16. The summed E-state index contributed by atoms with van der Waals surface area (Å²) in [6, 6.07) is 17.9. The number of rotatable bonds is 2. The average molecular weight is 269 g/mol. The molecular formula is C17H19NS. The summed E-state index contributed by atoms with van der Waals surface area (Å²) in [6.45, 7) is 6.89. The highest BCUT2D eigenvalue weighted by Crippen LogP contribution is 2.49. The van der Waals surface area contributed by atoms with E-state index in [1.54, 1.807) is 0 Å². The van der Waals surface area contributed by atoms with Crippen LogP contribution in [0.1, 0.15) is 20.8 Å². The first-order valence-electron chi connectivity index (χ1n) is 6.83. The fraction of sp³-hybridized carbons (Fsp3) is 0.294. The summed E-state index contributed by atoms with van der Waals surface area (Å²) < 4.78 is 0. The van der Waals surface area contributed by atoms with Gasteiger partial charge in [-0.25, -0.2) is 0 Å². The second-order valence-electron chi connectivity index (χ2n) is 5.39. The summed E-state index contributed by atoms with van der Waals surface area (Å²) in [7, 11) is 0. The predicted octanol–water partition coefficient (Wildman–Crippen LogP) is 5.33. The number of anilines is 2. The third-order valence-electron chi connectivity index (χ3n) is 3.84. The lowest BCUT2D eigenvalue weighted by atomic mass is 10.0. The van der Waals surface area contributed by atoms with Gasteiger partial charge in [0.1, 0.15) is 0 Å². The lowest BCUT2D eigenvalue weighted by Crippen LogP contribution is -2.34. The van der Waals surface area contributed by atoms with Crippen molar-refractivity contribution in [2.45, 2.75) is 36.6 Å². The maximum atomic E-state index is 2.49. The Morgan fingerprint density at radius 2 is 1.26 bits per heavy atom. The molecule has 2 heteroatoms. The van der Waals surface area contributed by atoms with Gasteiger partial charge >= 0.3 is 0 Å². The number of hydrogen-bond donors (Lipinski definition) is 0. The van der Waals surface area contributed by atoms with E-state index in [9.17, 15) is 0 Å². The van der Waals surface area contributed by atoms with Crippen molar-refractivity contribution in [3.8, 4) is 0 Å². The molecule has 1 aliphatic rings. The number of para-hydroxylation sites is 2. The van der Waals surface area contributed by atoms with Crippen LogP contribution in [0.3, 0.4) is 0 Å². The van der Waals surface area contributed by atoms with E-state index in [4.69, 9.17) is 0 Å². The Morgan fingerprint density at radius 3 is 1.74 bits per heavy atom. The molecular weight excluding hydrogens is 250 g/mol. The van der Waals surface area contributed by atoms with E-state index in [0.29, 0.717) is 12.0 Å². The van der Waals surface area contributed by atoms with Crippen LogP contribution in [-0.2, 0) is 0 Å². The topological polar surface area (TPSA) is 3.24 Å². The summed E-state index contributed by atoms with van der Waals surface area (Å²) in [6.07, 6.45) is 0. The number of nitrogens with zero attached hydrogens (tertiary/aromatic N) is 1. The molecule has 1 heterocycles. The summed E-state index contributed by atoms with van der Waals surface area (Å²) in [4.78, 5) is 5.20. The minimum atomic E-state index is 0.489. The number of hydrogen-bond acceptors (Lipinski definition) is 2. The van der Waals surface area contributed by atoms with E-state index in [1.165, 1.54) is 21.2 Å². The molecule has 2 aromatic carbocycles. The van der Waals surface area contributed by atoms with E-state index in [2.05, 4.69) is 74.2 Å². The van der Waals surface area contributed by atoms with Crippen LogP contribution in [0.5, 0.6) is 0 Å². The van der Waals surface area contributed by atoms with Crippen LogP contribution in [0.4, 0.5) is 11.4 Å². The molecule has 0 aliphatic carbocycles. The minimum Gasteiger partial charge on any atom is -0.337 e. The standard InChI is InChI=1S/C17H19NS/c1-12(2)13(3)18-14-8-4-6-10-16(14)19-17-11-7-5-9-15(17)18/h4-13H,1-3H3. The molecule has 1 unspecified atom stereocenters. The first-order chi connectivity index (χ1) is 9.18. The second kappa shape index (κ2) is 4.93. The van der Waals surface area contributed by atoms with Gasteiger partial charge in [-0.15, -0.1) is 0 Å². The zero-order valence-electron chi connectivity index (χ0n) is 11.6. The van der Waals surface area contributed by atoms with Crippen molar-refractivity contribution in [3.05, 3.63) is 48.5 Å². The fourth-order valence-corrected chi connectivity index (χ4v) is 3.54. The van der Waals surface area contributed by atoms with Crippen molar-refractivity contribution in [2.24, 2.45) is 5.92 Å². The van der Waals surface area contributed by atoms with Crippen LogP contribution < -0.4 is 4.90 Å². The molecule has 0 saturated carbocycles. The Kier molecular flexibility index (Phi) is 3.28. The Bertz CT molecular complexity index is 546. The van der Waals surface area contributed by atoms with Gasteiger partial charge in [0.2, 0.25) is 0 Å². The van der Waals surface area contributed by atoms with Crippen LogP contribution >= 0.6 is 11.8 Å². The van der Waals surface area contributed by atoms with Gasteiger partial charge in [0, 0.05) is 15.8 Å².